The Balaban J connectivity index is 1.87. The second-order valence-corrected chi connectivity index (χ2v) is 6.05. The van der Waals surface area contributed by atoms with Crippen molar-refractivity contribution in [1.82, 2.24) is 9.88 Å². The van der Waals surface area contributed by atoms with E-state index in [1.54, 1.807) is 18.3 Å². The van der Waals surface area contributed by atoms with Gasteiger partial charge >= 0.3 is 0 Å². The van der Waals surface area contributed by atoms with E-state index in [2.05, 4.69) is 16.8 Å². The van der Waals surface area contributed by atoms with Crippen LogP contribution >= 0.6 is 11.3 Å². The second-order valence-electron chi connectivity index (χ2n) is 4.85. The molecular weight excluding hydrogens is 232 g/mol. The van der Waals surface area contributed by atoms with Crippen LogP contribution in [0.25, 0.3) is 0 Å². The molecule has 1 fully saturated rings. The Morgan fingerprint density at radius 3 is 3.12 bits per heavy atom. The monoisotopic (exact) mass is 252 g/mol. The van der Waals surface area contributed by atoms with E-state index in [0.717, 1.165) is 23.8 Å². The predicted octanol–water partition coefficient (Wildman–Crippen LogP) is 2.16. The van der Waals surface area contributed by atoms with Crippen LogP contribution in [0.3, 0.4) is 0 Å². The molecule has 2 rings (SSSR count). The Morgan fingerprint density at radius 2 is 2.47 bits per heavy atom. The summed E-state index contributed by atoms with van der Waals surface area (Å²) in [6.45, 7) is 7.45. The molecule has 1 saturated heterocycles. The lowest BCUT2D eigenvalue weighted by atomic mass is 10.1. The van der Waals surface area contributed by atoms with Gasteiger partial charge in [-0.15, -0.1) is 11.3 Å². The number of carbonyl (C=O) groups excluding carboxylic acids is 1. The summed E-state index contributed by atoms with van der Waals surface area (Å²) in [6, 6.07) is 0. The molecule has 1 aromatic heterocycles. The summed E-state index contributed by atoms with van der Waals surface area (Å²) in [6.07, 6.45) is 4.78. The molecule has 0 spiro atoms. The van der Waals surface area contributed by atoms with Crippen molar-refractivity contribution in [2.24, 2.45) is 5.92 Å². The minimum atomic E-state index is 0.221. The van der Waals surface area contributed by atoms with Gasteiger partial charge in [-0.05, 0) is 32.4 Å². The molecule has 0 saturated carbocycles. The van der Waals surface area contributed by atoms with E-state index in [1.807, 2.05) is 6.20 Å². The maximum absolute atomic E-state index is 11.0. The van der Waals surface area contributed by atoms with Crippen molar-refractivity contribution in [1.29, 1.82) is 0 Å². The van der Waals surface area contributed by atoms with Gasteiger partial charge in [0.05, 0.1) is 5.01 Å². The first-order chi connectivity index (χ1) is 8.17. The Morgan fingerprint density at radius 1 is 1.65 bits per heavy atom. The average Bonchev–Trinajstić information content (AvgIpc) is 2.88. The third-order valence-corrected chi connectivity index (χ3v) is 4.32. The van der Waals surface area contributed by atoms with Crippen molar-refractivity contribution < 1.29 is 4.79 Å². The zero-order valence-corrected chi connectivity index (χ0v) is 11.4. The number of ketones is 1. The summed E-state index contributed by atoms with van der Waals surface area (Å²) in [5, 5.41) is 1.20. The minimum Gasteiger partial charge on any atom is -0.303 e. The second kappa shape index (κ2) is 5.74. The molecule has 1 atom stereocenters. The fourth-order valence-corrected chi connectivity index (χ4v) is 3.49. The summed E-state index contributed by atoms with van der Waals surface area (Å²) in [5.41, 5.74) is 0. The number of thiazole rings is 1. The van der Waals surface area contributed by atoms with E-state index < -0.39 is 0 Å². The Labute approximate surface area is 107 Å². The molecule has 17 heavy (non-hydrogen) atoms. The van der Waals surface area contributed by atoms with Crippen molar-refractivity contribution in [3.63, 3.8) is 0 Å². The number of likely N-dealkylation sites (tertiary alicyclic amines) is 1. The molecule has 0 bridgehead atoms. The molecule has 1 aliphatic heterocycles. The van der Waals surface area contributed by atoms with Gasteiger partial charge in [0.2, 0.25) is 0 Å². The summed E-state index contributed by atoms with van der Waals surface area (Å²) in [7, 11) is 0. The van der Waals surface area contributed by atoms with Crippen molar-refractivity contribution in [2.45, 2.75) is 33.1 Å². The fourth-order valence-electron chi connectivity index (χ4n) is 2.38. The summed E-state index contributed by atoms with van der Waals surface area (Å²) in [5.74, 6) is 0.976. The maximum atomic E-state index is 11.0. The maximum Gasteiger partial charge on any atom is 0.135 e. The van der Waals surface area contributed by atoms with E-state index in [-0.39, 0.29) is 5.78 Å². The lowest BCUT2D eigenvalue weighted by molar-refractivity contribution is -0.116. The number of hydrogen-bond donors (Lipinski definition) is 0. The quantitative estimate of drug-likeness (QED) is 0.805. The number of nitrogens with zero attached hydrogens (tertiary/aromatic N) is 2. The van der Waals surface area contributed by atoms with E-state index in [0.29, 0.717) is 6.42 Å². The minimum absolute atomic E-state index is 0.221. The van der Waals surface area contributed by atoms with E-state index in [9.17, 15) is 4.79 Å². The highest BCUT2D eigenvalue weighted by Crippen LogP contribution is 2.23. The zero-order chi connectivity index (χ0) is 12.3. The molecule has 94 valence electrons. The number of Topliss-reactive ketones (excluding diaryl/α,β-unsaturated/α-hetero) is 1. The molecule has 0 aliphatic carbocycles. The highest BCUT2D eigenvalue weighted by molar-refractivity contribution is 7.11. The summed E-state index contributed by atoms with van der Waals surface area (Å²) >= 11 is 1.71. The van der Waals surface area contributed by atoms with E-state index in [1.165, 1.54) is 24.5 Å². The van der Waals surface area contributed by atoms with Gasteiger partial charge in [0.1, 0.15) is 5.78 Å². The SMILES string of the molecule is CCN1CCC(Cc2ncc(CC(C)=O)s2)C1. The smallest absolute Gasteiger partial charge is 0.135 e. The number of carbonyl (C=O) groups is 1. The van der Waals surface area contributed by atoms with Gasteiger partial charge < -0.3 is 4.90 Å². The van der Waals surface area contributed by atoms with E-state index >= 15 is 0 Å². The Bertz CT molecular complexity index is 389. The number of aromatic nitrogens is 1. The molecule has 1 unspecified atom stereocenters. The zero-order valence-electron chi connectivity index (χ0n) is 10.6. The number of rotatable bonds is 5. The van der Waals surface area contributed by atoms with Gasteiger partial charge in [-0.1, -0.05) is 6.92 Å². The van der Waals surface area contributed by atoms with Gasteiger partial charge in [-0.2, -0.15) is 0 Å². The van der Waals surface area contributed by atoms with Crippen LogP contribution < -0.4 is 0 Å². The van der Waals surface area contributed by atoms with Crippen LogP contribution in [0, 0.1) is 5.92 Å². The third kappa shape index (κ3) is 3.61. The Hall–Kier alpha value is -0.740. The van der Waals surface area contributed by atoms with Gasteiger partial charge in [0.15, 0.2) is 0 Å². The first-order valence-corrected chi connectivity index (χ1v) is 7.14. The molecule has 0 radical (unpaired) electrons. The highest BCUT2D eigenvalue weighted by atomic mass is 32.1. The van der Waals surface area contributed by atoms with Crippen molar-refractivity contribution in [2.75, 3.05) is 19.6 Å². The normalized spacial score (nSPS) is 20.9. The van der Waals surface area contributed by atoms with Crippen molar-refractivity contribution in [3.05, 3.63) is 16.1 Å². The molecular formula is C13H20N2OS. The van der Waals surface area contributed by atoms with Gasteiger partial charge in [0, 0.05) is 30.5 Å². The Kier molecular flexibility index (Phi) is 4.29. The molecule has 1 aromatic rings. The van der Waals surface area contributed by atoms with Crippen LogP contribution in [0.2, 0.25) is 0 Å². The molecule has 0 N–H and O–H groups in total. The van der Waals surface area contributed by atoms with Gasteiger partial charge in [-0.3, -0.25) is 4.79 Å². The van der Waals surface area contributed by atoms with E-state index in [4.69, 9.17) is 0 Å². The molecule has 4 heteroatoms. The first-order valence-electron chi connectivity index (χ1n) is 6.32. The molecule has 0 amide bonds. The largest absolute Gasteiger partial charge is 0.303 e. The van der Waals surface area contributed by atoms with Crippen LogP contribution in [0.15, 0.2) is 6.20 Å². The molecule has 2 heterocycles. The van der Waals surface area contributed by atoms with Crippen LogP contribution in [-0.2, 0) is 17.6 Å². The summed E-state index contributed by atoms with van der Waals surface area (Å²) in [4.78, 5) is 19.1. The van der Waals surface area contributed by atoms with Crippen molar-refractivity contribution >= 4 is 17.1 Å². The van der Waals surface area contributed by atoms with Crippen LogP contribution in [0.4, 0.5) is 0 Å². The summed E-state index contributed by atoms with van der Waals surface area (Å²) < 4.78 is 0. The lowest BCUT2D eigenvalue weighted by Crippen LogP contribution is -2.20. The molecule has 3 nitrogen and oxygen atoms in total. The average molecular weight is 252 g/mol. The highest BCUT2D eigenvalue weighted by Gasteiger charge is 2.22. The molecule has 0 aromatic carbocycles. The first kappa shape index (κ1) is 12.7. The van der Waals surface area contributed by atoms with Crippen molar-refractivity contribution in [3.8, 4) is 0 Å². The van der Waals surface area contributed by atoms with Crippen LogP contribution in [0.1, 0.15) is 30.2 Å². The molecule has 1 aliphatic rings. The predicted molar refractivity (Wildman–Crippen MR) is 70.4 cm³/mol. The van der Waals surface area contributed by atoms with Gasteiger partial charge in [-0.25, -0.2) is 4.98 Å². The standard InChI is InChI=1S/C13H20N2OS/c1-3-15-5-4-11(9-15)7-13-14-8-12(17-13)6-10(2)16/h8,11H,3-7,9H2,1-2H3. The number of hydrogen-bond acceptors (Lipinski definition) is 4. The third-order valence-electron chi connectivity index (χ3n) is 3.31. The van der Waals surface area contributed by atoms with Gasteiger partial charge in [0.25, 0.3) is 0 Å². The van der Waals surface area contributed by atoms with Crippen LogP contribution in [-0.4, -0.2) is 35.3 Å². The topological polar surface area (TPSA) is 33.2 Å². The fraction of sp³-hybridized carbons (Fsp3) is 0.692. The van der Waals surface area contributed by atoms with Crippen LogP contribution in [0.5, 0.6) is 0 Å². The lowest BCUT2D eigenvalue weighted by Gasteiger charge is -2.11.